The average molecular weight is 325 g/mol. The van der Waals surface area contributed by atoms with E-state index in [0.717, 1.165) is 25.1 Å². The summed E-state index contributed by atoms with van der Waals surface area (Å²) in [5, 5.41) is 0. The Kier molecular flexibility index (Phi) is 7.46. The van der Waals surface area contributed by atoms with Crippen molar-refractivity contribution >= 4 is 5.91 Å². The highest BCUT2D eigenvalue weighted by atomic mass is 16.2. The van der Waals surface area contributed by atoms with E-state index in [2.05, 4.69) is 17.0 Å². The van der Waals surface area contributed by atoms with Gasteiger partial charge in [-0.05, 0) is 17.5 Å². The molecule has 0 aliphatic carbocycles. The van der Waals surface area contributed by atoms with E-state index in [1.807, 2.05) is 55.6 Å². The summed E-state index contributed by atoms with van der Waals surface area (Å²) in [7, 11) is 1.85. The van der Waals surface area contributed by atoms with E-state index in [9.17, 15) is 4.79 Å². The first-order valence-electron chi connectivity index (χ1n) is 8.43. The van der Waals surface area contributed by atoms with Crippen molar-refractivity contribution in [2.45, 2.75) is 13.0 Å². The van der Waals surface area contributed by atoms with Gasteiger partial charge in [-0.15, -0.1) is 0 Å². The molecule has 4 nitrogen and oxygen atoms in total. The minimum atomic E-state index is 0.125. The SMILES string of the molecule is CN(Cc1ccccc1)C(=O)CN(CCN)CCc1ccccc1. The lowest BCUT2D eigenvalue weighted by atomic mass is 10.1. The average Bonchev–Trinajstić information content (AvgIpc) is 2.61. The van der Waals surface area contributed by atoms with Gasteiger partial charge in [-0.2, -0.15) is 0 Å². The van der Waals surface area contributed by atoms with Crippen molar-refractivity contribution in [3.05, 3.63) is 71.8 Å². The minimum absolute atomic E-state index is 0.125. The highest BCUT2D eigenvalue weighted by molar-refractivity contribution is 5.78. The molecule has 0 fully saturated rings. The molecule has 0 saturated heterocycles. The summed E-state index contributed by atoms with van der Waals surface area (Å²) in [6, 6.07) is 20.4. The van der Waals surface area contributed by atoms with Gasteiger partial charge in [-0.1, -0.05) is 60.7 Å². The van der Waals surface area contributed by atoms with Crippen LogP contribution in [0, 0.1) is 0 Å². The summed E-state index contributed by atoms with van der Waals surface area (Å²) < 4.78 is 0. The van der Waals surface area contributed by atoms with E-state index in [1.54, 1.807) is 4.90 Å². The molecular weight excluding hydrogens is 298 g/mol. The van der Waals surface area contributed by atoms with Gasteiger partial charge in [0.05, 0.1) is 6.54 Å². The van der Waals surface area contributed by atoms with E-state index in [-0.39, 0.29) is 5.91 Å². The summed E-state index contributed by atoms with van der Waals surface area (Å²) in [4.78, 5) is 16.4. The monoisotopic (exact) mass is 325 g/mol. The van der Waals surface area contributed by atoms with Crippen LogP contribution in [0.2, 0.25) is 0 Å². The maximum Gasteiger partial charge on any atom is 0.236 e. The summed E-state index contributed by atoms with van der Waals surface area (Å²) in [5.41, 5.74) is 8.13. The molecule has 0 radical (unpaired) electrons. The lowest BCUT2D eigenvalue weighted by molar-refractivity contribution is -0.131. The summed E-state index contributed by atoms with van der Waals surface area (Å²) in [6.45, 7) is 3.18. The molecule has 0 aromatic heterocycles. The lowest BCUT2D eigenvalue weighted by Crippen LogP contribution is -2.41. The fraction of sp³-hybridized carbons (Fsp3) is 0.350. The first-order valence-corrected chi connectivity index (χ1v) is 8.43. The lowest BCUT2D eigenvalue weighted by Gasteiger charge is -2.25. The molecule has 1 amide bonds. The summed E-state index contributed by atoms with van der Waals surface area (Å²) in [5.74, 6) is 0.125. The van der Waals surface area contributed by atoms with Gasteiger partial charge in [0.15, 0.2) is 0 Å². The molecule has 24 heavy (non-hydrogen) atoms. The molecule has 0 heterocycles. The third kappa shape index (κ3) is 6.14. The molecule has 128 valence electrons. The van der Waals surface area contributed by atoms with Crippen LogP contribution in [0.3, 0.4) is 0 Å². The Balaban J connectivity index is 1.85. The Hall–Kier alpha value is -2.17. The van der Waals surface area contributed by atoms with Crippen LogP contribution in [0.1, 0.15) is 11.1 Å². The molecule has 0 atom stereocenters. The number of rotatable bonds is 9. The number of nitrogens with two attached hydrogens (primary N) is 1. The largest absolute Gasteiger partial charge is 0.340 e. The topological polar surface area (TPSA) is 49.6 Å². The van der Waals surface area contributed by atoms with Gasteiger partial charge in [0, 0.05) is 33.2 Å². The van der Waals surface area contributed by atoms with Crippen molar-refractivity contribution in [1.29, 1.82) is 0 Å². The number of amides is 1. The zero-order chi connectivity index (χ0) is 17.2. The van der Waals surface area contributed by atoms with Gasteiger partial charge in [0.25, 0.3) is 0 Å². The second-order valence-electron chi connectivity index (χ2n) is 6.04. The van der Waals surface area contributed by atoms with Crippen molar-refractivity contribution in [3.8, 4) is 0 Å². The predicted octanol–water partition coefficient (Wildman–Crippen LogP) is 2.15. The number of hydrogen-bond acceptors (Lipinski definition) is 3. The predicted molar refractivity (Wildman–Crippen MR) is 98.6 cm³/mol. The van der Waals surface area contributed by atoms with Crippen LogP contribution in [0.5, 0.6) is 0 Å². The fourth-order valence-electron chi connectivity index (χ4n) is 2.64. The molecular formula is C20H27N3O. The number of nitrogens with zero attached hydrogens (tertiary/aromatic N) is 2. The van der Waals surface area contributed by atoms with Gasteiger partial charge in [-0.3, -0.25) is 9.69 Å². The van der Waals surface area contributed by atoms with E-state index >= 15 is 0 Å². The molecule has 0 aliphatic heterocycles. The van der Waals surface area contributed by atoms with E-state index in [1.165, 1.54) is 5.56 Å². The van der Waals surface area contributed by atoms with Crippen LogP contribution in [0.25, 0.3) is 0 Å². The van der Waals surface area contributed by atoms with Gasteiger partial charge in [0.2, 0.25) is 5.91 Å². The Morgan fingerprint density at radius 1 is 0.917 bits per heavy atom. The van der Waals surface area contributed by atoms with Crippen LogP contribution in [0.4, 0.5) is 0 Å². The molecule has 0 unspecified atom stereocenters. The normalized spacial score (nSPS) is 10.8. The third-order valence-electron chi connectivity index (χ3n) is 4.05. The van der Waals surface area contributed by atoms with Gasteiger partial charge >= 0.3 is 0 Å². The Morgan fingerprint density at radius 3 is 2.08 bits per heavy atom. The van der Waals surface area contributed by atoms with Crippen LogP contribution >= 0.6 is 0 Å². The quantitative estimate of drug-likeness (QED) is 0.768. The summed E-state index contributed by atoms with van der Waals surface area (Å²) >= 11 is 0. The highest BCUT2D eigenvalue weighted by Crippen LogP contribution is 2.05. The zero-order valence-corrected chi connectivity index (χ0v) is 14.4. The Bertz CT molecular complexity index is 601. The molecule has 4 heteroatoms. The first-order chi connectivity index (χ1) is 11.7. The Labute approximate surface area is 144 Å². The standard InChI is InChI=1S/C20H27N3O/c1-22(16-19-10-6-3-7-11-19)20(24)17-23(15-13-21)14-12-18-8-4-2-5-9-18/h2-11H,12-17,21H2,1H3. The molecule has 2 N–H and O–H groups in total. The van der Waals surface area contributed by atoms with Crippen LogP contribution in [-0.2, 0) is 17.8 Å². The van der Waals surface area contributed by atoms with Crippen molar-refractivity contribution in [1.82, 2.24) is 9.80 Å². The van der Waals surface area contributed by atoms with Gasteiger partial charge < -0.3 is 10.6 Å². The molecule has 0 bridgehead atoms. The van der Waals surface area contributed by atoms with Crippen molar-refractivity contribution in [2.24, 2.45) is 5.73 Å². The number of benzene rings is 2. The first kappa shape index (κ1) is 18.2. The van der Waals surface area contributed by atoms with Crippen LogP contribution in [0.15, 0.2) is 60.7 Å². The maximum atomic E-state index is 12.5. The van der Waals surface area contributed by atoms with E-state index in [4.69, 9.17) is 5.73 Å². The number of carbonyl (C=O) groups excluding carboxylic acids is 1. The minimum Gasteiger partial charge on any atom is -0.340 e. The van der Waals surface area contributed by atoms with Crippen molar-refractivity contribution in [2.75, 3.05) is 33.2 Å². The fourth-order valence-corrected chi connectivity index (χ4v) is 2.64. The zero-order valence-electron chi connectivity index (χ0n) is 14.4. The molecule has 0 saturated carbocycles. The van der Waals surface area contributed by atoms with E-state index in [0.29, 0.717) is 19.6 Å². The van der Waals surface area contributed by atoms with Crippen molar-refractivity contribution in [3.63, 3.8) is 0 Å². The van der Waals surface area contributed by atoms with Gasteiger partial charge in [-0.25, -0.2) is 0 Å². The molecule has 2 aromatic carbocycles. The highest BCUT2D eigenvalue weighted by Gasteiger charge is 2.14. The Morgan fingerprint density at radius 2 is 1.50 bits per heavy atom. The summed E-state index contributed by atoms with van der Waals surface area (Å²) in [6.07, 6.45) is 0.927. The molecule has 2 rings (SSSR count). The molecule has 2 aromatic rings. The number of carbonyl (C=O) groups is 1. The number of hydrogen-bond donors (Lipinski definition) is 1. The molecule has 0 spiro atoms. The van der Waals surface area contributed by atoms with Crippen molar-refractivity contribution < 1.29 is 4.79 Å². The smallest absolute Gasteiger partial charge is 0.236 e. The van der Waals surface area contributed by atoms with E-state index < -0.39 is 0 Å². The second kappa shape index (κ2) is 9.85. The second-order valence-corrected chi connectivity index (χ2v) is 6.04. The third-order valence-corrected chi connectivity index (χ3v) is 4.05. The van der Waals surface area contributed by atoms with Crippen LogP contribution in [-0.4, -0.2) is 48.9 Å². The van der Waals surface area contributed by atoms with Gasteiger partial charge in [0.1, 0.15) is 0 Å². The maximum absolute atomic E-state index is 12.5. The number of likely N-dealkylation sites (N-methyl/N-ethyl adjacent to an activating group) is 1. The molecule has 0 aliphatic rings. The van der Waals surface area contributed by atoms with Crippen LogP contribution < -0.4 is 5.73 Å².